The quantitative estimate of drug-likeness (QED) is 0.509. The number of halogens is 1. The SMILES string of the molecule is CCc1ccc2c(C(=O)CN3CCCCC3)c(C)n(-c3ccc(Cl)cc3)c2c1. The molecule has 4 heteroatoms. The first-order valence-electron chi connectivity index (χ1n) is 10.2. The lowest BCUT2D eigenvalue weighted by atomic mass is 10.0. The van der Waals surface area contributed by atoms with Gasteiger partial charge in [0, 0.05) is 27.4 Å². The van der Waals surface area contributed by atoms with Gasteiger partial charge in [0.1, 0.15) is 0 Å². The molecule has 146 valence electrons. The van der Waals surface area contributed by atoms with E-state index in [1.807, 2.05) is 24.3 Å². The Bertz CT molecular complexity index is 998. The Kier molecular flexibility index (Phi) is 5.56. The second-order valence-electron chi connectivity index (χ2n) is 7.74. The van der Waals surface area contributed by atoms with Crippen LogP contribution in [0.1, 0.15) is 47.8 Å². The minimum atomic E-state index is 0.223. The minimum Gasteiger partial charge on any atom is -0.313 e. The molecule has 1 aliphatic rings. The molecule has 3 nitrogen and oxygen atoms in total. The van der Waals surface area contributed by atoms with Crippen molar-refractivity contribution in [2.45, 2.75) is 39.5 Å². The van der Waals surface area contributed by atoms with Crippen LogP contribution in [0.25, 0.3) is 16.6 Å². The molecule has 0 unspecified atom stereocenters. The van der Waals surface area contributed by atoms with E-state index < -0.39 is 0 Å². The number of nitrogens with zero attached hydrogens (tertiary/aromatic N) is 2. The Balaban J connectivity index is 1.83. The van der Waals surface area contributed by atoms with Crippen LogP contribution in [0.5, 0.6) is 0 Å². The summed E-state index contributed by atoms with van der Waals surface area (Å²) >= 11 is 6.10. The molecule has 1 aromatic heterocycles. The number of carbonyl (C=O) groups is 1. The van der Waals surface area contributed by atoms with E-state index in [1.54, 1.807) is 0 Å². The van der Waals surface area contributed by atoms with Crippen molar-refractivity contribution in [3.63, 3.8) is 0 Å². The number of Topliss-reactive ketones (excluding diaryl/α,β-unsaturated/α-hetero) is 1. The molecule has 0 radical (unpaired) electrons. The highest BCUT2D eigenvalue weighted by Crippen LogP contribution is 2.31. The third-order valence-electron chi connectivity index (χ3n) is 5.86. The van der Waals surface area contributed by atoms with Crippen LogP contribution in [-0.4, -0.2) is 34.9 Å². The lowest BCUT2D eigenvalue weighted by molar-refractivity contribution is 0.0916. The van der Waals surface area contributed by atoms with Gasteiger partial charge in [-0.2, -0.15) is 0 Å². The number of aromatic nitrogens is 1. The molecule has 0 N–H and O–H groups in total. The van der Waals surface area contributed by atoms with Crippen molar-refractivity contribution in [1.29, 1.82) is 0 Å². The monoisotopic (exact) mass is 394 g/mol. The van der Waals surface area contributed by atoms with Crippen LogP contribution < -0.4 is 0 Å². The fourth-order valence-corrected chi connectivity index (χ4v) is 4.48. The van der Waals surface area contributed by atoms with Crippen LogP contribution in [0, 0.1) is 6.92 Å². The highest BCUT2D eigenvalue weighted by molar-refractivity contribution is 6.30. The van der Waals surface area contributed by atoms with Crippen molar-refractivity contribution in [3.05, 3.63) is 64.3 Å². The first-order chi connectivity index (χ1) is 13.6. The van der Waals surface area contributed by atoms with E-state index in [4.69, 9.17) is 11.6 Å². The van der Waals surface area contributed by atoms with Crippen molar-refractivity contribution in [2.24, 2.45) is 0 Å². The number of carbonyl (C=O) groups excluding carboxylic acids is 1. The van der Waals surface area contributed by atoms with Gasteiger partial charge in [0.15, 0.2) is 5.78 Å². The number of hydrogen-bond acceptors (Lipinski definition) is 2. The van der Waals surface area contributed by atoms with E-state index in [9.17, 15) is 4.79 Å². The number of aryl methyl sites for hydroxylation is 1. The largest absolute Gasteiger partial charge is 0.313 e. The Morgan fingerprint density at radius 3 is 2.43 bits per heavy atom. The lowest BCUT2D eigenvalue weighted by Gasteiger charge is -2.25. The van der Waals surface area contributed by atoms with Gasteiger partial charge >= 0.3 is 0 Å². The highest BCUT2D eigenvalue weighted by Gasteiger charge is 2.23. The number of likely N-dealkylation sites (tertiary alicyclic amines) is 1. The van der Waals surface area contributed by atoms with Crippen LogP contribution in [0.4, 0.5) is 0 Å². The summed E-state index contributed by atoms with van der Waals surface area (Å²) in [6.07, 6.45) is 4.63. The summed E-state index contributed by atoms with van der Waals surface area (Å²) in [6.45, 7) is 6.78. The van der Waals surface area contributed by atoms with Crippen LogP contribution in [0.15, 0.2) is 42.5 Å². The molecule has 1 aliphatic heterocycles. The summed E-state index contributed by atoms with van der Waals surface area (Å²) in [4.78, 5) is 15.6. The lowest BCUT2D eigenvalue weighted by Crippen LogP contribution is -2.34. The molecule has 1 saturated heterocycles. The van der Waals surface area contributed by atoms with Gasteiger partial charge in [0.25, 0.3) is 0 Å². The standard InChI is InChI=1S/C24H27ClN2O/c1-3-18-7-12-21-22(15-18)27(20-10-8-19(25)9-11-20)17(2)24(21)23(28)16-26-13-5-4-6-14-26/h7-12,15H,3-6,13-14,16H2,1-2H3. The molecule has 3 aromatic rings. The number of benzene rings is 2. The summed E-state index contributed by atoms with van der Waals surface area (Å²) in [5.41, 5.74) is 5.28. The zero-order valence-corrected chi connectivity index (χ0v) is 17.4. The molecule has 0 bridgehead atoms. The van der Waals surface area contributed by atoms with Gasteiger partial charge in [-0.25, -0.2) is 0 Å². The number of fused-ring (bicyclic) bond motifs is 1. The van der Waals surface area contributed by atoms with Crippen molar-refractivity contribution in [1.82, 2.24) is 9.47 Å². The smallest absolute Gasteiger partial charge is 0.179 e. The molecule has 0 aliphatic carbocycles. The van der Waals surface area contributed by atoms with Crippen molar-refractivity contribution < 1.29 is 4.79 Å². The molecule has 28 heavy (non-hydrogen) atoms. The second kappa shape index (κ2) is 8.10. The minimum absolute atomic E-state index is 0.223. The van der Waals surface area contributed by atoms with Gasteiger partial charge in [-0.05, 0) is 75.2 Å². The molecule has 1 fully saturated rings. The van der Waals surface area contributed by atoms with Crippen LogP contribution in [0.3, 0.4) is 0 Å². The van der Waals surface area contributed by atoms with E-state index in [0.717, 1.165) is 47.4 Å². The van der Waals surface area contributed by atoms with Gasteiger partial charge in [0.05, 0.1) is 12.1 Å². The Morgan fingerprint density at radius 2 is 1.75 bits per heavy atom. The van der Waals surface area contributed by atoms with Crippen molar-refractivity contribution >= 4 is 28.3 Å². The summed E-state index contributed by atoms with van der Waals surface area (Å²) < 4.78 is 2.20. The van der Waals surface area contributed by atoms with E-state index in [-0.39, 0.29) is 5.78 Å². The molecule has 0 saturated carbocycles. The summed E-state index contributed by atoms with van der Waals surface area (Å²) in [6, 6.07) is 14.3. The molecule has 0 spiro atoms. The van der Waals surface area contributed by atoms with Crippen LogP contribution in [0.2, 0.25) is 5.02 Å². The van der Waals surface area contributed by atoms with E-state index in [1.165, 1.54) is 24.8 Å². The molecule has 2 heterocycles. The summed E-state index contributed by atoms with van der Waals surface area (Å²) in [5.74, 6) is 0.223. The predicted octanol–water partition coefficient (Wildman–Crippen LogP) is 5.82. The van der Waals surface area contributed by atoms with E-state index in [0.29, 0.717) is 11.6 Å². The zero-order chi connectivity index (χ0) is 19.7. The Labute approximate surface area is 171 Å². The first-order valence-corrected chi connectivity index (χ1v) is 10.6. The molecular formula is C24H27ClN2O. The number of rotatable bonds is 5. The number of ketones is 1. The molecular weight excluding hydrogens is 368 g/mol. The van der Waals surface area contributed by atoms with Crippen LogP contribution in [-0.2, 0) is 6.42 Å². The number of piperidine rings is 1. The van der Waals surface area contributed by atoms with Gasteiger partial charge < -0.3 is 4.57 Å². The number of hydrogen-bond donors (Lipinski definition) is 0. The average molecular weight is 395 g/mol. The predicted molar refractivity (Wildman–Crippen MR) is 117 cm³/mol. The van der Waals surface area contributed by atoms with Gasteiger partial charge in [-0.1, -0.05) is 37.1 Å². The fraction of sp³-hybridized carbons (Fsp3) is 0.375. The Hall–Kier alpha value is -2.10. The van der Waals surface area contributed by atoms with Gasteiger partial charge in [-0.15, -0.1) is 0 Å². The maximum absolute atomic E-state index is 13.3. The molecule has 2 aromatic carbocycles. The first kappa shape index (κ1) is 19.2. The van der Waals surface area contributed by atoms with E-state index >= 15 is 0 Å². The van der Waals surface area contributed by atoms with Gasteiger partial charge in [-0.3, -0.25) is 9.69 Å². The van der Waals surface area contributed by atoms with Crippen molar-refractivity contribution in [2.75, 3.05) is 19.6 Å². The fourth-order valence-electron chi connectivity index (χ4n) is 4.36. The molecule has 4 rings (SSSR count). The van der Waals surface area contributed by atoms with Gasteiger partial charge in [0.2, 0.25) is 0 Å². The summed E-state index contributed by atoms with van der Waals surface area (Å²) in [7, 11) is 0. The topological polar surface area (TPSA) is 25.2 Å². The molecule has 0 atom stereocenters. The molecule has 0 amide bonds. The van der Waals surface area contributed by atoms with E-state index in [2.05, 4.69) is 41.5 Å². The normalized spacial score (nSPS) is 15.2. The van der Waals surface area contributed by atoms with Crippen molar-refractivity contribution in [3.8, 4) is 5.69 Å². The Morgan fingerprint density at radius 1 is 1.04 bits per heavy atom. The third-order valence-corrected chi connectivity index (χ3v) is 6.11. The second-order valence-corrected chi connectivity index (χ2v) is 8.17. The average Bonchev–Trinajstić information content (AvgIpc) is 3.00. The van der Waals surface area contributed by atoms with Crippen LogP contribution >= 0.6 is 11.6 Å². The maximum atomic E-state index is 13.3. The third kappa shape index (κ3) is 3.61. The highest BCUT2D eigenvalue weighted by atomic mass is 35.5. The summed E-state index contributed by atoms with van der Waals surface area (Å²) in [5, 5.41) is 1.76. The maximum Gasteiger partial charge on any atom is 0.179 e. The zero-order valence-electron chi connectivity index (χ0n) is 16.7.